The Morgan fingerprint density at radius 1 is 1.00 bits per heavy atom. The number of hydrogen-bond acceptors (Lipinski definition) is 3. The Labute approximate surface area is 72.5 Å². The molecule has 64 valence electrons. The molecular formula is C8H16N2S. The van der Waals surface area contributed by atoms with Gasteiger partial charge in [0, 0.05) is 30.0 Å². The molecule has 2 fully saturated rings. The van der Waals surface area contributed by atoms with Gasteiger partial charge < -0.3 is 10.6 Å². The number of nitrogens with one attached hydrogen (secondary N) is 2. The lowest BCUT2D eigenvalue weighted by Gasteiger charge is -2.42. The molecule has 0 aromatic carbocycles. The van der Waals surface area contributed by atoms with Gasteiger partial charge in [-0.1, -0.05) is 0 Å². The van der Waals surface area contributed by atoms with Crippen LogP contribution in [0, 0.1) is 5.41 Å². The fraction of sp³-hybridized carbons (Fsp3) is 1.00. The Hall–Kier alpha value is 0.270. The van der Waals surface area contributed by atoms with Gasteiger partial charge in [0.1, 0.15) is 0 Å². The first-order chi connectivity index (χ1) is 5.41. The summed E-state index contributed by atoms with van der Waals surface area (Å²) < 4.78 is 0. The largest absolute Gasteiger partial charge is 0.316 e. The fourth-order valence-electron chi connectivity index (χ4n) is 1.70. The lowest BCUT2D eigenvalue weighted by molar-refractivity contribution is 0.299. The van der Waals surface area contributed by atoms with E-state index < -0.39 is 0 Å². The van der Waals surface area contributed by atoms with Crippen molar-refractivity contribution in [3.8, 4) is 0 Å². The van der Waals surface area contributed by atoms with E-state index in [0.717, 1.165) is 0 Å². The van der Waals surface area contributed by atoms with Crippen LogP contribution in [0.5, 0.6) is 0 Å². The Kier molecular flexibility index (Phi) is 2.39. The van der Waals surface area contributed by atoms with Crippen LogP contribution >= 0.6 is 11.8 Å². The second-order valence-electron chi connectivity index (χ2n) is 3.70. The smallest absolute Gasteiger partial charge is 0.0133 e. The third kappa shape index (κ3) is 1.71. The Bertz CT molecular complexity index is 124. The highest BCUT2D eigenvalue weighted by Gasteiger charge is 2.37. The molecule has 0 radical (unpaired) electrons. The summed E-state index contributed by atoms with van der Waals surface area (Å²) in [6.45, 7) is 4.85. The summed E-state index contributed by atoms with van der Waals surface area (Å²) in [4.78, 5) is 0. The fourth-order valence-corrected chi connectivity index (χ4v) is 2.89. The minimum Gasteiger partial charge on any atom is -0.316 e. The van der Waals surface area contributed by atoms with Crippen molar-refractivity contribution in [3.63, 3.8) is 0 Å². The maximum atomic E-state index is 3.53. The molecule has 2 N–H and O–H groups in total. The van der Waals surface area contributed by atoms with Gasteiger partial charge in [0.25, 0.3) is 0 Å². The van der Waals surface area contributed by atoms with Crippen LogP contribution in [0.15, 0.2) is 0 Å². The van der Waals surface area contributed by atoms with Gasteiger partial charge in [-0.3, -0.25) is 0 Å². The Balaban J connectivity index is 1.86. The first kappa shape index (κ1) is 7.90. The van der Waals surface area contributed by atoms with Gasteiger partial charge in [-0.15, -0.1) is 0 Å². The molecule has 0 aromatic rings. The predicted octanol–water partition coefficient (Wildman–Crippen LogP) is 0.303. The van der Waals surface area contributed by atoms with Crippen molar-refractivity contribution in [1.82, 2.24) is 10.6 Å². The van der Waals surface area contributed by atoms with Crippen LogP contribution in [0.4, 0.5) is 0 Å². The highest BCUT2D eigenvalue weighted by molar-refractivity contribution is 8.00. The average Bonchev–Trinajstić information content (AvgIpc) is 1.82. The third-order valence-corrected chi connectivity index (χ3v) is 4.16. The Morgan fingerprint density at radius 2 is 1.64 bits per heavy atom. The van der Waals surface area contributed by atoms with E-state index in [1.807, 2.05) is 0 Å². The first-order valence-corrected chi connectivity index (χ1v) is 5.56. The summed E-state index contributed by atoms with van der Waals surface area (Å²) in [6.07, 6.45) is 1.28. The molecule has 0 amide bonds. The van der Waals surface area contributed by atoms with Crippen molar-refractivity contribution in [1.29, 1.82) is 0 Å². The van der Waals surface area contributed by atoms with E-state index in [-0.39, 0.29) is 0 Å². The van der Waals surface area contributed by atoms with E-state index in [4.69, 9.17) is 0 Å². The van der Waals surface area contributed by atoms with Gasteiger partial charge in [-0.05, 0) is 19.5 Å². The number of thioether (sulfide) groups is 1. The third-order valence-electron chi connectivity index (χ3n) is 2.52. The van der Waals surface area contributed by atoms with Gasteiger partial charge in [-0.2, -0.15) is 11.8 Å². The average molecular weight is 172 g/mol. The molecule has 3 heteroatoms. The van der Waals surface area contributed by atoms with E-state index in [0.29, 0.717) is 5.41 Å². The zero-order chi connectivity index (χ0) is 7.57. The van der Waals surface area contributed by atoms with Crippen LogP contribution in [0.3, 0.4) is 0 Å². The lowest BCUT2D eigenvalue weighted by atomic mass is 9.91. The summed E-state index contributed by atoms with van der Waals surface area (Å²) in [5.41, 5.74) is 0.616. The van der Waals surface area contributed by atoms with E-state index in [9.17, 15) is 0 Å². The number of hydrogen-bond donors (Lipinski definition) is 2. The van der Waals surface area contributed by atoms with Crippen LogP contribution in [0.2, 0.25) is 0 Å². The van der Waals surface area contributed by atoms with E-state index in [1.54, 1.807) is 0 Å². The molecule has 2 rings (SSSR count). The van der Waals surface area contributed by atoms with E-state index in [2.05, 4.69) is 22.4 Å². The van der Waals surface area contributed by atoms with Crippen LogP contribution in [0.25, 0.3) is 0 Å². The zero-order valence-corrected chi connectivity index (χ0v) is 7.67. The van der Waals surface area contributed by atoms with E-state index in [1.165, 1.54) is 44.1 Å². The minimum atomic E-state index is 0.616. The molecule has 0 aliphatic carbocycles. The van der Waals surface area contributed by atoms with Crippen molar-refractivity contribution >= 4 is 11.8 Å². The van der Waals surface area contributed by atoms with Crippen molar-refractivity contribution < 1.29 is 0 Å². The molecule has 0 atom stereocenters. The van der Waals surface area contributed by atoms with Gasteiger partial charge >= 0.3 is 0 Å². The molecule has 0 saturated carbocycles. The van der Waals surface area contributed by atoms with Gasteiger partial charge in [0.05, 0.1) is 0 Å². The van der Waals surface area contributed by atoms with Crippen molar-refractivity contribution in [3.05, 3.63) is 0 Å². The normalized spacial score (nSPS) is 30.5. The SMILES string of the molecule is C1CNCC2(CNC1)CSC2. The molecule has 2 heterocycles. The minimum absolute atomic E-state index is 0.616. The monoisotopic (exact) mass is 172 g/mol. The standard InChI is InChI=1S/C8H16N2S/c1-2-9-4-8(5-10-3-1)6-11-7-8/h9-10H,1-7H2. The second kappa shape index (κ2) is 3.33. The lowest BCUT2D eigenvalue weighted by Crippen LogP contribution is -2.53. The Morgan fingerprint density at radius 3 is 2.09 bits per heavy atom. The van der Waals surface area contributed by atoms with Crippen LogP contribution < -0.4 is 10.6 Å². The molecule has 2 aliphatic heterocycles. The molecule has 0 bridgehead atoms. The summed E-state index contributed by atoms with van der Waals surface area (Å²) in [5, 5.41) is 7.05. The molecule has 2 aliphatic rings. The van der Waals surface area contributed by atoms with E-state index >= 15 is 0 Å². The van der Waals surface area contributed by atoms with Gasteiger partial charge in [-0.25, -0.2) is 0 Å². The maximum Gasteiger partial charge on any atom is 0.0133 e. The summed E-state index contributed by atoms with van der Waals surface area (Å²) in [6, 6.07) is 0. The second-order valence-corrected chi connectivity index (χ2v) is 4.69. The van der Waals surface area contributed by atoms with Crippen molar-refractivity contribution in [2.75, 3.05) is 37.7 Å². The molecular weight excluding hydrogens is 156 g/mol. The molecule has 1 spiro atoms. The van der Waals surface area contributed by atoms with Crippen LogP contribution in [-0.4, -0.2) is 37.7 Å². The molecule has 0 aromatic heterocycles. The molecule has 2 saturated heterocycles. The van der Waals surface area contributed by atoms with Crippen molar-refractivity contribution in [2.24, 2.45) is 5.41 Å². The maximum absolute atomic E-state index is 3.53. The van der Waals surface area contributed by atoms with Crippen LogP contribution in [0.1, 0.15) is 6.42 Å². The zero-order valence-electron chi connectivity index (χ0n) is 6.86. The highest BCUT2D eigenvalue weighted by Crippen LogP contribution is 2.36. The number of rotatable bonds is 0. The summed E-state index contributed by atoms with van der Waals surface area (Å²) >= 11 is 2.08. The molecule has 11 heavy (non-hydrogen) atoms. The van der Waals surface area contributed by atoms with Crippen molar-refractivity contribution in [2.45, 2.75) is 6.42 Å². The first-order valence-electron chi connectivity index (χ1n) is 4.41. The van der Waals surface area contributed by atoms with Gasteiger partial charge in [0.15, 0.2) is 0 Å². The molecule has 2 nitrogen and oxygen atoms in total. The van der Waals surface area contributed by atoms with Gasteiger partial charge in [0.2, 0.25) is 0 Å². The quantitative estimate of drug-likeness (QED) is 0.550. The summed E-state index contributed by atoms with van der Waals surface area (Å²) in [7, 11) is 0. The molecule has 0 unspecified atom stereocenters. The summed E-state index contributed by atoms with van der Waals surface area (Å²) in [5.74, 6) is 2.71. The highest BCUT2D eigenvalue weighted by atomic mass is 32.2. The topological polar surface area (TPSA) is 24.1 Å². The predicted molar refractivity (Wildman–Crippen MR) is 50.1 cm³/mol. The van der Waals surface area contributed by atoms with Crippen LogP contribution in [-0.2, 0) is 0 Å².